The molecule has 2 fully saturated rings. The van der Waals surface area contributed by atoms with Gasteiger partial charge in [-0.3, -0.25) is 4.90 Å². The van der Waals surface area contributed by atoms with Gasteiger partial charge in [-0.25, -0.2) is 0 Å². The molecule has 0 aliphatic carbocycles. The van der Waals surface area contributed by atoms with Crippen molar-refractivity contribution in [2.24, 2.45) is 5.92 Å². The van der Waals surface area contributed by atoms with Gasteiger partial charge in [-0.05, 0) is 45.8 Å². The Labute approximate surface area is 124 Å². The molecule has 4 heteroatoms. The van der Waals surface area contributed by atoms with Crippen LogP contribution in [0.4, 0.5) is 0 Å². The number of allylic oxidation sites excluding steroid dienone is 1. The van der Waals surface area contributed by atoms with Gasteiger partial charge in [-0.2, -0.15) is 0 Å². The van der Waals surface area contributed by atoms with E-state index in [9.17, 15) is 0 Å². The van der Waals surface area contributed by atoms with E-state index in [0.717, 1.165) is 24.7 Å². The molecule has 0 aromatic carbocycles. The van der Waals surface area contributed by atoms with Crippen molar-refractivity contribution in [3.8, 4) is 0 Å². The summed E-state index contributed by atoms with van der Waals surface area (Å²) >= 11 is 0. The maximum absolute atomic E-state index is 3.88. The molecule has 0 radical (unpaired) electrons. The van der Waals surface area contributed by atoms with Crippen molar-refractivity contribution in [3.63, 3.8) is 0 Å². The molecule has 0 bridgehead atoms. The third-order valence-electron chi connectivity index (χ3n) is 4.67. The van der Waals surface area contributed by atoms with Crippen LogP contribution in [0.3, 0.4) is 0 Å². The summed E-state index contributed by atoms with van der Waals surface area (Å²) in [4.78, 5) is 7.71. The predicted octanol–water partition coefficient (Wildman–Crippen LogP) is 1.07. The fraction of sp³-hybridized carbons (Fsp3) is 0.875. The maximum atomic E-state index is 3.88. The maximum Gasteiger partial charge on any atom is 0.0271 e. The zero-order valence-electron chi connectivity index (χ0n) is 13.4. The Kier molecular flexibility index (Phi) is 6.33. The van der Waals surface area contributed by atoms with Gasteiger partial charge in [-0.15, -0.1) is 0 Å². The molecular weight excluding hydrogens is 248 g/mol. The molecule has 2 aliphatic rings. The van der Waals surface area contributed by atoms with E-state index in [0.29, 0.717) is 0 Å². The minimum Gasteiger partial charge on any atom is -0.388 e. The molecule has 0 atom stereocenters. The van der Waals surface area contributed by atoms with Crippen LogP contribution in [0.15, 0.2) is 12.3 Å². The van der Waals surface area contributed by atoms with Crippen LogP contribution in [0.5, 0.6) is 0 Å². The number of piperidine rings is 1. The number of nitrogens with one attached hydrogen (secondary N) is 1. The van der Waals surface area contributed by atoms with Crippen LogP contribution >= 0.6 is 0 Å². The third-order valence-corrected chi connectivity index (χ3v) is 4.67. The molecule has 116 valence electrons. The van der Waals surface area contributed by atoms with Crippen LogP contribution in [0.2, 0.25) is 0 Å². The van der Waals surface area contributed by atoms with E-state index >= 15 is 0 Å². The summed E-state index contributed by atoms with van der Waals surface area (Å²) in [5.74, 6) is 0.933. The Morgan fingerprint density at radius 3 is 2.25 bits per heavy atom. The van der Waals surface area contributed by atoms with Crippen molar-refractivity contribution >= 4 is 0 Å². The number of hydrogen-bond acceptors (Lipinski definition) is 4. The van der Waals surface area contributed by atoms with E-state index in [-0.39, 0.29) is 0 Å². The number of hydrogen-bond donors (Lipinski definition) is 1. The zero-order valence-corrected chi connectivity index (χ0v) is 13.4. The van der Waals surface area contributed by atoms with Crippen LogP contribution in [0.25, 0.3) is 0 Å². The molecule has 2 heterocycles. The summed E-state index contributed by atoms with van der Waals surface area (Å²) in [7, 11) is 2.24. The third kappa shape index (κ3) is 5.43. The van der Waals surface area contributed by atoms with Crippen molar-refractivity contribution in [1.82, 2.24) is 20.0 Å². The van der Waals surface area contributed by atoms with Gasteiger partial charge >= 0.3 is 0 Å². The first-order chi connectivity index (χ1) is 9.63. The Bertz CT molecular complexity index is 289. The summed E-state index contributed by atoms with van der Waals surface area (Å²) in [5.41, 5.74) is 1.07. The monoisotopic (exact) mass is 280 g/mol. The second kappa shape index (κ2) is 8.01. The topological polar surface area (TPSA) is 21.8 Å². The van der Waals surface area contributed by atoms with Gasteiger partial charge in [0.05, 0.1) is 0 Å². The van der Waals surface area contributed by atoms with Crippen molar-refractivity contribution in [2.45, 2.75) is 19.8 Å². The molecule has 2 aliphatic heterocycles. The molecule has 0 spiro atoms. The molecule has 0 saturated carbocycles. The minimum atomic E-state index is 0.933. The molecule has 0 unspecified atom stereocenters. The molecular formula is C16H32N4. The van der Waals surface area contributed by atoms with Gasteiger partial charge < -0.3 is 15.1 Å². The molecule has 2 rings (SSSR count). The molecule has 4 nitrogen and oxygen atoms in total. The van der Waals surface area contributed by atoms with Crippen LogP contribution in [0, 0.1) is 5.92 Å². The highest BCUT2D eigenvalue weighted by Crippen LogP contribution is 2.18. The highest BCUT2D eigenvalue weighted by atomic mass is 15.3. The second-order valence-electron chi connectivity index (χ2n) is 6.60. The van der Waals surface area contributed by atoms with Gasteiger partial charge in [0.15, 0.2) is 0 Å². The van der Waals surface area contributed by atoms with Gasteiger partial charge in [0.25, 0.3) is 0 Å². The first-order valence-corrected chi connectivity index (χ1v) is 8.16. The minimum absolute atomic E-state index is 0.933. The van der Waals surface area contributed by atoms with Crippen LogP contribution < -0.4 is 5.32 Å². The Hall–Kier alpha value is -0.580. The fourth-order valence-corrected chi connectivity index (χ4v) is 3.23. The largest absolute Gasteiger partial charge is 0.388 e. The normalized spacial score (nSPS) is 23.9. The van der Waals surface area contributed by atoms with Crippen molar-refractivity contribution < 1.29 is 0 Å². The van der Waals surface area contributed by atoms with Crippen molar-refractivity contribution in [2.75, 3.05) is 66.0 Å². The summed E-state index contributed by atoms with van der Waals surface area (Å²) in [5, 5.41) is 3.32. The summed E-state index contributed by atoms with van der Waals surface area (Å²) in [6.07, 6.45) is 2.78. The van der Waals surface area contributed by atoms with E-state index in [2.05, 4.69) is 33.6 Å². The van der Waals surface area contributed by atoms with E-state index in [1.165, 1.54) is 58.7 Å². The van der Waals surface area contributed by atoms with Crippen LogP contribution in [0.1, 0.15) is 19.8 Å². The number of piperazine rings is 1. The zero-order chi connectivity index (χ0) is 14.4. The Morgan fingerprint density at radius 2 is 1.65 bits per heavy atom. The van der Waals surface area contributed by atoms with E-state index in [1.807, 2.05) is 6.92 Å². The molecule has 0 aromatic rings. The summed E-state index contributed by atoms with van der Waals surface area (Å²) < 4.78 is 0. The quantitative estimate of drug-likeness (QED) is 0.785. The molecule has 0 amide bonds. The lowest BCUT2D eigenvalue weighted by atomic mass is 9.96. The molecule has 1 N–H and O–H groups in total. The highest BCUT2D eigenvalue weighted by molar-refractivity contribution is 4.85. The van der Waals surface area contributed by atoms with Gasteiger partial charge in [0, 0.05) is 51.5 Å². The fourth-order valence-electron chi connectivity index (χ4n) is 3.23. The number of likely N-dealkylation sites (tertiary alicyclic amines) is 1. The Morgan fingerprint density at radius 1 is 1.05 bits per heavy atom. The Balaban J connectivity index is 1.58. The summed E-state index contributed by atoms with van der Waals surface area (Å²) in [6.45, 7) is 16.9. The number of rotatable bonds is 6. The van der Waals surface area contributed by atoms with Crippen molar-refractivity contribution in [3.05, 3.63) is 12.3 Å². The molecule has 0 aromatic heterocycles. The van der Waals surface area contributed by atoms with Crippen LogP contribution in [-0.2, 0) is 0 Å². The number of nitrogens with zero attached hydrogens (tertiary/aromatic N) is 3. The smallest absolute Gasteiger partial charge is 0.0271 e. The van der Waals surface area contributed by atoms with Gasteiger partial charge in [-0.1, -0.05) is 6.58 Å². The molecule has 2 saturated heterocycles. The average Bonchev–Trinajstić information content (AvgIpc) is 2.43. The average molecular weight is 280 g/mol. The standard InChI is InChI=1S/C16H32N4/c1-15(2)17-6-9-19-10-12-20(13-11-19)14-16-4-7-18(3)8-5-16/h16-17H,1,4-14H2,2-3H3. The lowest BCUT2D eigenvalue weighted by Crippen LogP contribution is -2.49. The van der Waals surface area contributed by atoms with Gasteiger partial charge in [0.2, 0.25) is 0 Å². The van der Waals surface area contributed by atoms with Crippen LogP contribution in [-0.4, -0.2) is 80.7 Å². The highest BCUT2D eigenvalue weighted by Gasteiger charge is 2.22. The van der Waals surface area contributed by atoms with E-state index < -0.39 is 0 Å². The first-order valence-electron chi connectivity index (χ1n) is 8.16. The van der Waals surface area contributed by atoms with Crippen molar-refractivity contribution in [1.29, 1.82) is 0 Å². The summed E-state index contributed by atoms with van der Waals surface area (Å²) in [6, 6.07) is 0. The predicted molar refractivity (Wildman–Crippen MR) is 85.9 cm³/mol. The van der Waals surface area contributed by atoms with E-state index in [1.54, 1.807) is 0 Å². The lowest BCUT2D eigenvalue weighted by Gasteiger charge is -2.38. The second-order valence-corrected chi connectivity index (χ2v) is 6.60. The van der Waals surface area contributed by atoms with Gasteiger partial charge in [0.1, 0.15) is 0 Å². The van der Waals surface area contributed by atoms with E-state index in [4.69, 9.17) is 0 Å². The lowest BCUT2D eigenvalue weighted by molar-refractivity contribution is 0.101. The SMILES string of the molecule is C=C(C)NCCN1CCN(CC2CCN(C)CC2)CC1. The molecule has 20 heavy (non-hydrogen) atoms. The first kappa shape index (κ1) is 15.8.